The molecule has 0 amide bonds. The molecule has 1 unspecified atom stereocenters. The molecule has 0 fully saturated rings. The highest BCUT2D eigenvalue weighted by Crippen LogP contribution is 2.22. The second-order valence-corrected chi connectivity index (χ2v) is 4.72. The number of esters is 1. The van der Waals surface area contributed by atoms with Gasteiger partial charge in [-0.3, -0.25) is 0 Å². The monoisotopic (exact) mass is 293 g/mol. The Balaban J connectivity index is 1.97. The molecular weight excluding hydrogens is 278 g/mol. The van der Waals surface area contributed by atoms with E-state index < -0.39 is 12.1 Å². The van der Waals surface area contributed by atoms with Crippen molar-refractivity contribution in [3.05, 3.63) is 83.4 Å². The van der Waals surface area contributed by atoms with Crippen LogP contribution >= 0.6 is 0 Å². The summed E-state index contributed by atoms with van der Waals surface area (Å²) < 4.78 is 5.13. The molecule has 1 atom stereocenters. The van der Waals surface area contributed by atoms with E-state index in [0.29, 0.717) is 11.1 Å². The predicted molar refractivity (Wildman–Crippen MR) is 81.5 cm³/mol. The van der Waals surface area contributed by atoms with Crippen LogP contribution in [0.5, 0.6) is 0 Å². The van der Waals surface area contributed by atoms with Gasteiger partial charge >= 0.3 is 5.97 Å². The van der Waals surface area contributed by atoms with Gasteiger partial charge in [-0.2, -0.15) is 5.26 Å². The van der Waals surface area contributed by atoms with Gasteiger partial charge in [-0.15, -0.1) is 0 Å². The van der Waals surface area contributed by atoms with Gasteiger partial charge in [-0.05, 0) is 23.3 Å². The molecule has 22 heavy (non-hydrogen) atoms. The summed E-state index contributed by atoms with van der Waals surface area (Å²) in [7, 11) is 0. The second-order valence-electron chi connectivity index (χ2n) is 4.72. The molecule has 110 valence electrons. The average molecular weight is 293 g/mol. The highest BCUT2D eigenvalue weighted by molar-refractivity contribution is 5.89. The molecule has 0 saturated carbocycles. The van der Waals surface area contributed by atoms with Crippen LogP contribution in [0.4, 0.5) is 0 Å². The van der Waals surface area contributed by atoms with Crippen molar-refractivity contribution >= 4 is 5.97 Å². The number of carbonyl (C=O) groups is 1. The van der Waals surface area contributed by atoms with Crippen LogP contribution in [0.2, 0.25) is 0 Å². The lowest BCUT2D eigenvalue weighted by atomic mass is 10.0. The Morgan fingerprint density at radius 1 is 1.18 bits per heavy atom. The number of benzene rings is 2. The third kappa shape index (κ3) is 3.81. The summed E-state index contributed by atoms with van der Waals surface area (Å²) in [6.45, 7) is 3.72. The van der Waals surface area contributed by atoms with Crippen LogP contribution in [-0.2, 0) is 16.1 Å². The molecular formula is C18H15NO3. The number of rotatable bonds is 5. The van der Waals surface area contributed by atoms with Gasteiger partial charge in [-0.25, -0.2) is 4.79 Å². The van der Waals surface area contributed by atoms with Crippen LogP contribution in [0.15, 0.2) is 66.7 Å². The zero-order chi connectivity index (χ0) is 15.9. The number of hydrogen-bond acceptors (Lipinski definition) is 4. The van der Waals surface area contributed by atoms with E-state index in [4.69, 9.17) is 10.00 Å². The van der Waals surface area contributed by atoms with Gasteiger partial charge in [0, 0.05) is 0 Å². The Morgan fingerprint density at radius 3 is 2.41 bits per heavy atom. The summed E-state index contributed by atoms with van der Waals surface area (Å²) in [5.74, 6) is -0.652. The number of aliphatic hydroxyl groups is 1. The molecule has 0 bridgehead atoms. The zero-order valence-corrected chi connectivity index (χ0v) is 11.9. The maximum Gasteiger partial charge on any atom is 0.336 e. The minimum Gasteiger partial charge on any atom is -0.457 e. The molecule has 1 N–H and O–H groups in total. The first kappa shape index (κ1) is 15.5. The molecule has 4 nitrogen and oxygen atoms in total. The molecule has 0 aliphatic carbocycles. The van der Waals surface area contributed by atoms with Crippen LogP contribution in [0.25, 0.3) is 0 Å². The molecule has 2 aromatic rings. The van der Waals surface area contributed by atoms with Crippen molar-refractivity contribution in [2.24, 2.45) is 0 Å². The molecule has 0 spiro atoms. The van der Waals surface area contributed by atoms with E-state index in [1.165, 1.54) is 0 Å². The van der Waals surface area contributed by atoms with E-state index in [0.717, 1.165) is 5.56 Å². The molecule has 0 aliphatic heterocycles. The fourth-order valence-corrected chi connectivity index (χ4v) is 1.87. The number of nitrogens with zero attached hydrogens (tertiary/aromatic N) is 1. The van der Waals surface area contributed by atoms with Gasteiger partial charge < -0.3 is 9.84 Å². The van der Waals surface area contributed by atoms with Gasteiger partial charge in [0.05, 0.1) is 17.2 Å². The first-order valence-electron chi connectivity index (χ1n) is 6.70. The van der Waals surface area contributed by atoms with E-state index in [1.54, 1.807) is 24.3 Å². The van der Waals surface area contributed by atoms with Crippen molar-refractivity contribution in [1.82, 2.24) is 0 Å². The quantitative estimate of drug-likeness (QED) is 0.679. The third-order valence-corrected chi connectivity index (χ3v) is 3.16. The van der Waals surface area contributed by atoms with Crippen molar-refractivity contribution in [3.63, 3.8) is 0 Å². The lowest BCUT2D eigenvalue weighted by molar-refractivity contribution is -0.141. The summed E-state index contributed by atoms with van der Waals surface area (Å²) in [6, 6.07) is 17.5. The summed E-state index contributed by atoms with van der Waals surface area (Å²) in [5, 5.41) is 18.9. The molecule has 2 aromatic carbocycles. The van der Waals surface area contributed by atoms with E-state index in [9.17, 15) is 9.90 Å². The fraction of sp³-hybridized carbons (Fsp3) is 0.111. The summed E-state index contributed by atoms with van der Waals surface area (Å²) in [6.07, 6.45) is -1.16. The van der Waals surface area contributed by atoms with Crippen molar-refractivity contribution in [2.45, 2.75) is 12.7 Å². The lowest BCUT2D eigenvalue weighted by Crippen LogP contribution is -2.13. The molecule has 0 saturated heterocycles. The van der Waals surface area contributed by atoms with Gasteiger partial charge in [-0.1, -0.05) is 49.0 Å². The maximum atomic E-state index is 11.9. The fourth-order valence-electron chi connectivity index (χ4n) is 1.87. The number of carbonyl (C=O) groups excluding carboxylic acids is 1. The standard InChI is InChI=1S/C18H15NO3/c1-13(17(20)16-9-7-14(11-19)8-10-16)18(21)22-12-15-5-3-2-4-6-15/h2-10,17,20H,1,12H2. The van der Waals surface area contributed by atoms with E-state index in [2.05, 4.69) is 6.58 Å². The van der Waals surface area contributed by atoms with E-state index in [1.807, 2.05) is 36.4 Å². The van der Waals surface area contributed by atoms with Crippen molar-refractivity contribution < 1.29 is 14.6 Å². The van der Waals surface area contributed by atoms with Crippen LogP contribution in [0.1, 0.15) is 22.8 Å². The Morgan fingerprint density at radius 2 is 1.82 bits per heavy atom. The van der Waals surface area contributed by atoms with Crippen LogP contribution in [-0.4, -0.2) is 11.1 Å². The minimum absolute atomic E-state index is 0.0411. The Kier molecular flexibility index (Phi) is 5.07. The molecule has 2 rings (SSSR count). The SMILES string of the molecule is C=C(C(=O)OCc1ccccc1)C(O)c1ccc(C#N)cc1. The number of hydrogen-bond donors (Lipinski definition) is 1. The van der Waals surface area contributed by atoms with Crippen molar-refractivity contribution in [1.29, 1.82) is 5.26 Å². The van der Waals surface area contributed by atoms with Crippen molar-refractivity contribution in [3.8, 4) is 6.07 Å². The van der Waals surface area contributed by atoms with Gasteiger partial charge in [0.2, 0.25) is 0 Å². The first-order valence-corrected chi connectivity index (χ1v) is 6.70. The average Bonchev–Trinajstić information content (AvgIpc) is 2.59. The van der Waals surface area contributed by atoms with E-state index in [-0.39, 0.29) is 12.2 Å². The second kappa shape index (κ2) is 7.21. The Hall–Kier alpha value is -2.90. The summed E-state index contributed by atoms with van der Waals surface area (Å²) in [4.78, 5) is 11.9. The largest absolute Gasteiger partial charge is 0.457 e. The molecule has 0 heterocycles. The van der Waals surface area contributed by atoms with Gasteiger partial charge in [0.1, 0.15) is 12.7 Å². The lowest BCUT2D eigenvalue weighted by Gasteiger charge is -2.13. The molecule has 0 aromatic heterocycles. The highest BCUT2D eigenvalue weighted by atomic mass is 16.5. The van der Waals surface area contributed by atoms with Gasteiger partial charge in [0.15, 0.2) is 0 Å². The number of aliphatic hydroxyl groups excluding tert-OH is 1. The van der Waals surface area contributed by atoms with Gasteiger partial charge in [0.25, 0.3) is 0 Å². The van der Waals surface area contributed by atoms with Crippen LogP contribution in [0, 0.1) is 11.3 Å². The maximum absolute atomic E-state index is 11.9. The smallest absolute Gasteiger partial charge is 0.336 e. The molecule has 4 heteroatoms. The summed E-state index contributed by atoms with van der Waals surface area (Å²) in [5.41, 5.74) is 1.78. The Labute approximate surface area is 128 Å². The third-order valence-electron chi connectivity index (χ3n) is 3.16. The van der Waals surface area contributed by atoms with Crippen molar-refractivity contribution in [2.75, 3.05) is 0 Å². The molecule has 0 radical (unpaired) electrons. The first-order chi connectivity index (χ1) is 10.6. The van der Waals surface area contributed by atoms with E-state index >= 15 is 0 Å². The highest BCUT2D eigenvalue weighted by Gasteiger charge is 2.19. The summed E-state index contributed by atoms with van der Waals surface area (Å²) >= 11 is 0. The number of nitriles is 1. The predicted octanol–water partition coefficient (Wildman–Crippen LogP) is 2.89. The minimum atomic E-state index is -1.16. The normalized spacial score (nSPS) is 11.3. The number of ether oxygens (including phenoxy) is 1. The molecule has 0 aliphatic rings. The zero-order valence-electron chi connectivity index (χ0n) is 11.9. The topological polar surface area (TPSA) is 70.3 Å². The van der Waals surface area contributed by atoms with Crippen LogP contribution in [0.3, 0.4) is 0 Å². The van der Waals surface area contributed by atoms with Crippen LogP contribution < -0.4 is 0 Å². The Bertz CT molecular complexity index is 699.